The molecule has 0 aromatic carbocycles. The Hall–Kier alpha value is 0.01000. The molecule has 0 aromatic heterocycles. The summed E-state index contributed by atoms with van der Waals surface area (Å²) in [7, 11) is 4.17. The summed E-state index contributed by atoms with van der Waals surface area (Å²) < 4.78 is 42.2. The molecule has 0 aromatic rings. The van der Waals surface area contributed by atoms with Crippen LogP contribution < -0.4 is 4.66 Å². The summed E-state index contributed by atoms with van der Waals surface area (Å²) in [4.78, 5) is 2.54. The second-order valence-electron chi connectivity index (χ2n) is 9.02. The van der Waals surface area contributed by atoms with Gasteiger partial charge in [0.05, 0.1) is 12.2 Å². The van der Waals surface area contributed by atoms with Crippen LogP contribution in [0, 0.1) is 33.9 Å². The van der Waals surface area contributed by atoms with Crippen molar-refractivity contribution in [3.8, 4) is 0 Å². The average Bonchev–Trinajstić information content (AvgIpc) is 2.64. The number of rotatable bonds is 4. The van der Waals surface area contributed by atoms with Gasteiger partial charge in [0.1, 0.15) is 0 Å². The third-order valence-corrected chi connectivity index (χ3v) is 7.80. The number of hydrogen-bond acceptors (Lipinski definition) is 7. The first-order valence-corrected chi connectivity index (χ1v) is 11.8. The van der Waals surface area contributed by atoms with Crippen molar-refractivity contribution in [3.05, 3.63) is 0 Å². The summed E-state index contributed by atoms with van der Waals surface area (Å²) in [6.07, 6.45) is 11.4. The van der Waals surface area contributed by atoms with E-state index < -0.39 is 10.2 Å². The van der Waals surface area contributed by atoms with Crippen LogP contribution in [0.25, 0.3) is 0 Å². The number of hydrogen-bond donors (Lipinski definition) is 3. The molecular formula is C20H40ClNO6. The van der Waals surface area contributed by atoms with E-state index in [0.717, 1.165) is 24.2 Å². The molecule has 7 nitrogen and oxygen atoms in total. The summed E-state index contributed by atoms with van der Waals surface area (Å²) in [5.41, 5.74) is 0.329. The van der Waals surface area contributed by atoms with Gasteiger partial charge in [-0.15, -0.1) is 0 Å². The quantitative estimate of drug-likeness (QED) is 0.619. The average molecular weight is 426 g/mol. The molecule has 0 saturated heterocycles. The van der Waals surface area contributed by atoms with Crippen molar-refractivity contribution < 1.29 is 38.4 Å². The molecule has 0 heterocycles. The van der Waals surface area contributed by atoms with Gasteiger partial charge in [-0.05, 0) is 70.4 Å². The van der Waals surface area contributed by atoms with Gasteiger partial charge in [-0.2, -0.15) is 0 Å². The van der Waals surface area contributed by atoms with Crippen LogP contribution in [0.3, 0.4) is 0 Å². The Morgan fingerprint density at radius 3 is 2.14 bits per heavy atom. The van der Waals surface area contributed by atoms with E-state index in [0.29, 0.717) is 11.5 Å². The minimum absolute atomic E-state index is 0.266. The molecule has 3 saturated carbocycles. The number of ether oxygens (including phenoxy) is 2. The second-order valence-corrected chi connectivity index (χ2v) is 9.89. The summed E-state index contributed by atoms with van der Waals surface area (Å²) in [5, 5.41) is 0. The van der Waals surface area contributed by atoms with E-state index in [1.54, 1.807) is 0 Å². The zero-order chi connectivity index (χ0) is 21.1. The molecular weight excluding hydrogens is 386 g/mol. The molecule has 3 fully saturated rings. The van der Waals surface area contributed by atoms with Crippen molar-refractivity contribution in [2.45, 2.75) is 76.0 Å². The Morgan fingerprint density at radius 2 is 1.64 bits per heavy atom. The first-order valence-electron chi connectivity index (χ1n) is 10.5. The molecule has 3 rings (SSSR count). The minimum atomic E-state index is -4.19. The third kappa shape index (κ3) is 5.38. The summed E-state index contributed by atoms with van der Waals surface area (Å²) in [6, 6.07) is 0. The van der Waals surface area contributed by atoms with Gasteiger partial charge in [0.2, 0.25) is 0 Å². The molecule has 0 amide bonds. The van der Waals surface area contributed by atoms with Crippen LogP contribution in [0.5, 0.6) is 0 Å². The van der Waals surface area contributed by atoms with Crippen molar-refractivity contribution in [2.24, 2.45) is 23.7 Å². The Labute approximate surface area is 171 Å². The van der Waals surface area contributed by atoms with E-state index in [1.165, 1.54) is 44.9 Å². The van der Waals surface area contributed by atoms with E-state index in [2.05, 4.69) is 25.9 Å². The molecule has 0 aliphatic heterocycles. The summed E-state index contributed by atoms with van der Waals surface area (Å²) >= 11 is 0. The van der Waals surface area contributed by atoms with Crippen molar-refractivity contribution in [1.29, 1.82) is 0 Å². The van der Waals surface area contributed by atoms with Gasteiger partial charge in [0.15, 0.2) is 0 Å². The predicted octanol–water partition coefficient (Wildman–Crippen LogP) is 1.10. The number of halogens is 1. The standard InChI is InChI=1S/C20H37NO2.ClH3O4/c1-6-14-7-8-16-15(13-14)9-11-20(21(2)3)12-10-17(22-4)19(23-5)18(16)20;2-1(3,4)5/h14-19H,6-13H2,1-5H3;2-4H. The van der Waals surface area contributed by atoms with Crippen LogP contribution in [0.2, 0.25) is 0 Å². The van der Waals surface area contributed by atoms with Crippen LogP contribution in [0.4, 0.5) is 0 Å². The monoisotopic (exact) mass is 425 g/mol. The van der Waals surface area contributed by atoms with Crippen LogP contribution in [0.15, 0.2) is 0 Å². The molecule has 3 aliphatic carbocycles. The molecule has 7 unspecified atom stereocenters. The third-order valence-electron chi connectivity index (χ3n) is 7.80. The zero-order valence-electron chi connectivity index (χ0n) is 18.0. The van der Waals surface area contributed by atoms with Gasteiger partial charge >= 0.3 is 28.9 Å². The molecule has 0 radical (unpaired) electrons. The molecule has 0 spiro atoms. The summed E-state index contributed by atoms with van der Waals surface area (Å²) in [5.74, 6) is 3.35. The first-order chi connectivity index (χ1) is 13.1. The zero-order valence-corrected chi connectivity index (χ0v) is 18.8. The SMILES string of the molecule is CCC1CCC2C(CCC3(N(C)C)CCC(OC)C(OC)C23)C1.[O-][Cl+](O)(O)O. The van der Waals surface area contributed by atoms with Gasteiger partial charge in [-0.1, -0.05) is 19.8 Å². The van der Waals surface area contributed by atoms with E-state index in [1.807, 2.05) is 14.2 Å². The van der Waals surface area contributed by atoms with Gasteiger partial charge in [-0.25, -0.2) is 0 Å². The van der Waals surface area contributed by atoms with Gasteiger partial charge in [0, 0.05) is 25.7 Å². The van der Waals surface area contributed by atoms with Crippen LogP contribution in [-0.2, 0) is 9.47 Å². The van der Waals surface area contributed by atoms with Gasteiger partial charge < -0.3 is 14.4 Å². The van der Waals surface area contributed by atoms with Gasteiger partial charge in [-0.3, -0.25) is 0 Å². The molecule has 3 aliphatic rings. The molecule has 168 valence electrons. The van der Waals surface area contributed by atoms with Crippen molar-refractivity contribution >= 4 is 0 Å². The maximum atomic E-state index is 8.83. The number of fused-ring (bicyclic) bond motifs is 3. The molecule has 7 atom stereocenters. The Bertz CT molecular complexity index is 482. The molecule has 28 heavy (non-hydrogen) atoms. The fourth-order valence-corrected chi connectivity index (χ4v) is 6.49. The number of methoxy groups -OCH3 is 2. The molecule has 0 bridgehead atoms. The first kappa shape index (κ1) is 24.3. The van der Waals surface area contributed by atoms with E-state index >= 15 is 0 Å². The fraction of sp³-hybridized carbons (Fsp3) is 1.00. The van der Waals surface area contributed by atoms with Crippen LogP contribution >= 0.6 is 0 Å². The Balaban J connectivity index is 0.000000500. The maximum absolute atomic E-state index is 8.83. The van der Waals surface area contributed by atoms with Crippen molar-refractivity contribution in [3.63, 3.8) is 0 Å². The van der Waals surface area contributed by atoms with E-state index in [-0.39, 0.29) is 12.2 Å². The van der Waals surface area contributed by atoms with Crippen LogP contribution in [-0.4, -0.2) is 64.9 Å². The topological polar surface area (TPSA) is 105 Å². The predicted molar refractivity (Wildman–Crippen MR) is 101 cm³/mol. The second kappa shape index (κ2) is 9.88. The normalized spacial score (nSPS) is 41.5. The van der Waals surface area contributed by atoms with Crippen molar-refractivity contribution in [2.75, 3.05) is 28.3 Å². The number of nitrogens with zero attached hydrogens (tertiary/aromatic N) is 1. The molecule has 3 N–H and O–H groups in total. The Morgan fingerprint density at radius 1 is 1.04 bits per heavy atom. The van der Waals surface area contributed by atoms with E-state index in [4.69, 9.17) is 28.1 Å². The van der Waals surface area contributed by atoms with Crippen molar-refractivity contribution in [1.82, 2.24) is 4.90 Å². The van der Waals surface area contributed by atoms with Gasteiger partial charge in [0.25, 0.3) is 0 Å². The molecule has 8 heteroatoms. The van der Waals surface area contributed by atoms with E-state index in [9.17, 15) is 0 Å². The Kier molecular flexibility index (Phi) is 8.57. The van der Waals surface area contributed by atoms with Crippen LogP contribution in [0.1, 0.15) is 58.3 Å². The summed E-state index contributed by atoms with van der Waals surface area (Å²) in [6.45, 7) is 2.37. The fourth-order valence-electron chi connectivity index (χ4n) is 6.49.